The van der Waals surface area contributed by atoms with Crippen molar-refractivity contribution in [2.24, 2.45) is 5.84 Å². The number of aromatic amines is 1. The molecule has 2 aromatic rings. The fourth-order valence-electron chi connectivity index (χ4n) is 1.40. The minimum Gasteiger partial charge on any atom is -0.361 e. The van der Waals surface area contributed by atoms with Crippen molar-refractivity contribution in [3.63, 3.8) is 0 Å². The number of hydrazine groups is 1. The molecule has 0 aliphatic carbocycles. The monoisotopic (exact) mass is 253 g/mol. The van der Waals surface area contributed by atoms with Crippen molar-refractivity contribution < 1.29 is 4.79 Å². The number of halogens is 1. The molecule has 0 aliphatic rings. The Balaban J connectivity index is 2.72. The molecule has 0 unspecified atom stereocenters. The van der Waals surface area contributed by atoms with Gasteiger partial charge in [-0.25, -0.2) is 5.84 Å². The van der Waals surface area contributed by atoms with Gasteiger partial charge in [-0.1, -0.05) is 15.9 Å². The Kier molecular flexibility index (Phi) is 2.26. The molecule has 4 N–H and O–H groups in total. The molecular formula is C9H8BrN3O. The van der Waals surface area contributed by atoms with Crippen LogP contribution in [0.25, 0.3) is 10.9 Å². The van der Waals surface area contributed by atoms with Crippen LogP contribution in [0.3, 0.4) is 0 Å². The number of rotatable bonds is 1. The molecule has 14 heavy (non-hydrogen) atoms. The van der Waals surface area contributed by atoms with E-state index >= 15 is 0 Å². The van der Waals surface area contributed by atoms with Crippen LogP contribution in [0.2, 0.25) is 0 Å². The van der Waals surface area contributed by atoms with E-state index in [0.29, 0.717) is 5.56 Å². The molecule has 0 fully saturated rings. The van der Waals surface area contributed by atoms with Crippen molar-refractivity contribution >= 4 is 32.7 Å². The number of amides is 1. The van der Waals surface area contributed by atoms with Crippen LogP contribution in [0.15, 0.2) is 28.9 Å². The Morgan fingerprint density at radius 2 is 2.29 bits per heavy atom. The Hall–Kier alpha value is -1.33. The molecule has 0 bridgehead atoms. The number of hydrogen-bond donors (Lipinski definition) is 3. The lowest BCUT2D eigenvalue weighted by atomic mass is 10.1. The molecule has 72 valence electrons. The van der Waals surface area contributed by atoms with Crippen LogP contribution in [0.1, 0.15) is 10.4 Å². The van der Waals surface area contributed by atoms with Crippen molar-refractivity contribution in [3.8, 4) is 0 Å². The Labute approximate surface area is 88.6 Å². The molecule has 1 aromatic heterocycles. The summed E-state index contributed by atoms with van der Waals surface area (Å²) in [5.41, 5.74) is 3.57. The fourth-order valence-corrected chi connectivity index (χ4v) is 1.86. The maximum atomic E-state index is 11.4. The molecule has 2 rings (SSSR count). The first-order valence-corrected chi connectivity index (χ1v) is 4.79. The Bertz CT molecular complexity index is 492. The highest BCUT2D eigenvalue weighted by Gasteiger charge is 2.10. The lowest BCUT2D eigenvalue weighted by molar-refractivity contribution is 0.0955. The van der Waals surface area contributed by atoms with E-state index in [9.17, 15) is 4.79 Å². The number of carbonyl (C=O) groups excluding carboxylic acids is 1. The average molecular weight is 254 g/mol. The topological polar surface area (TPSA) is 70.9 Å². The quantitative estimate of drug-likeness (QED) is 0.410. The summed E-state index contributed by atoms with van der Waals surface area (Å²) in [4.78, 5) is 14.4. The summed E-state index contributed by atoms with van der Waals surface area (Å²) in [5, 5.41) is 0.858. The van der Waals surface area contributed by atoms with Crippen LogP contribution in [-0.4, -0.2) is 10.9 Å². The van der Waals surface area contributed by atoms with Gasteiger partial charge in [0, 0.05) is 21.6 Å². The van der Waals surface area contributed by atoms with Crippen LogP contribution in [0, 0.1) is 0 Å². The SMILES string of the molecule is NNC(=O)c1cc(Br)cc2[nH]ccc12. The van der Waals surface area contributed by atoms with E-state index in [1.165, 1.54) is 0 Å². The van der Waals surface area contributed by atoms with E-state index in [2.05, 4.69) is 26.3 Å². The maximum absolute atomic E-state index is 11.4. The number of benzene rings is 1. The van der Waals surface area contributed by atoms with Gasteiger partial charge >= 0.3 is 0 Å². The van der Waals surface area contributed by atoms with E-state index in [0.717, 1.165) is 15.4 Å². The number of nitrogen functional groups attached to an aromatic ring is 1. The summed E-state index contributed by atoms with van der Waals surface area (Å²) >= 11 is 3.32. The second kappa shape index (κ2) is 3.43. The zero-order chi connectivity index (χ0) is 10.1. The Morgan fingerprint density at radius 3 is 3.00 bits per heavy atom. The molecule has 0 spiro atoms. The summed E-state index contributed by atoms with van der Waals surface area (Å²) in [5.74, 6) is 4.79. The van der Waals surface area contributed by atoms with Crippen molar-refractivity contribution in [2.45, 2.75) is 0 Å². The standard InChI is InChI=1S/C9H8BrN3O/c10-5-3-7(9(14)13-11)6-1-2-12-8(6)4-5/h1-4,12H,11H2,(H,13,14). The van der Waals surface area contributed by atoms with Gasteiger partial charge in [0.15, 0.2) is 0 Å². The first-order chi connectivity index (χ1) is 6.72. The number of hydrogen-bond acceptors (Lipinski definition) is 2. The molecule has 0 saturated heterocycles. The molecule has 0 radical (unpaired) electrons. The molecule has 1 aromatic carbocycles. The lowest BCUT2D eigenvalue weighted by Gasteiger charge is -2.02. The molecule has 0 aliphatic heterocycles. The fraction of sp³-hybridized carbons (Fsp3) is 0. The third-order valence-electron chi connectivity index (χ3n) is 2.01. The van der Waals surface area contributed by atoms with Crippen molar-refractivity contribution in [1.82, 2.24) is 10.4 Å². The summed E-state index contributed by atoms with van der Waals surface area (Å²) in [6, 6.07) is 5.48. The number of nitrogens with one attached hydrogen (secondary N) is 2. The minimum absolute atomic E-state index is 0.295. The summed E-state index contributed by atoms with van der Waals surface area (Å²) in [6.45, 7) is 0. The number of carbonyl (C=O) groups is 1. The number of nitrogens with two attached hydrogens (primary N) is 1. The van der Waals surface area contributed by atoms with Crippen molar-refractivity contribution in [3.05, 3.63) is 34.4 Å². The highest BCUT2D eigenvalue weighted by molar-refractivity contribution is 9.10. The zero-order valence-corrected chi connectivity index (χ0v) is 8.76. The second-order valence-corrected chi connectivity index (χ2v) is 3.78. The molecule has 4 nitrogen and oxygen atoms in total. The smallest absolute Gasteiger partial charge is 0.265 e. The van der Waals surface area contributed by atoms with Gasteiger partial charge < -0.3 is 4.98 Å². The van der Waals surface area contributed by atoms with Gasteiger partial charge in [-0.2, -0.15) is 0 Å². The highest BCUT2D eigenvalue weighted by Crippen LogP contribution is 2.23. The third kappa shape index (κ3) is 1.40. The third-order valence-corrected chi connectivity index (χ3v) is 2.47. The highest BCUT2D eigenvalue weighted by atomic mass is 79.9. The molecular weight excluding hydrogens is 246 g/mol. The van der Waals surface area contributed by atoms with Gasteiger partial charge in [0.05, 0.1) is 5.56 Å². The van der Waals surface area contributed by atoms with E-state index < -0.39 is 0 Å². The van der Waals surface area contributed by atoms with Crippen LogP contribution in [-0.2, 0) is 0 Å². The lowest BCUT2D eigenvalue weighted by Crippen LogP contribution is -2.30. The number of aromatic nitrogens is 1. The number of H-pyrrole nitrogens is 1. The van der Waals surface area contributed by atoms with E-state index in [1.807, 2.05) is 12.1 Å². The predicted octanol–water partition coefficient (Wildman–Crippen LogP) is 1.53. The number of fused-ring (bicyclic) bond motifs is 1. The largest absolute Gasteiger partial charge is 0.361 e. The minimum atomic E-state index is -0.295. The molecule has 1 heterocycles. The van der Waals surface area contributed by atoms with Gasteiger partial charge in [0.1, 0.15) is 0 Å². The van der Waals surface area contributed by atoms with E-state index in [-0.39, 0.29) is 5.91 Å². The summed E-state index contributed by atoms with van der Waals surface area (Å²) in [7, 11) is 0. The van der Waals surface area contributed by atoms with Crippen molar-refractivity contribution in [1.29, 1.82) is 0 Å². The van der Waals surface area contributed by atoms with Crippen LogP contribution in [0.4, 0.5) is 0 Å². The van der Waals surface area contributed by atoms with Gasteiger partial charge in [-0.05, 0) is 18.2 Å². The van der Waals surface area contributed by atoms with E-state index in [4.69, 9.17) is 5.84 Å². The summed E-state index contributed by atoms with van der Waals surface area (Å²) in [6.07, 6.45) is 1.78. The normalized spacial score (nSPS) is 10.4. The van der Waals surface area contributed by atoms with Crippen LogP contribution >= 0.6 is 15.9 Å². The first-order valence-electron chi connectivity index (χ1n) is 4.00. The predicted molar refractivity (Wildman–Crippen MR) is 57.7 cm³/mol. The van der Waals surface area contributed by atoms with Gasteiger partial charge in [0.2, 0.25) is 0 Å². The van der Waals surface area contributed by atoms with E-state index in [1.54, 1.807) is 12.3 Å². The van der Waals surface area contributed by atoms with Gasteiger partial charge in [-0.3, -0.25) is 10.2 Å². The molecule has 5 heteroatoms. The van der Waals surface area contributed by atoms with Gasteiger partial charge in [0.25, 0.3) is 5.91 Å². The zero-order valence-electron chi connectivity index (χ0n) is 7.17. The Morgan fingerprint density at radius 1 is 1.50 bits per heavy atom. The molecule has 0 atom stereocenters. The van der Waals surface area contributed by atoms with Crippen LogP contribution < -0.4 is 11.3 Å². The van der Waals surface area contributed by atoms with Crippen LogP contribution in [0.5, 0.6) is 0 Å². The van der Waals surface area contributed by atoms with Gasteiger partial charge in [-0.15, -0.1) is 0 Å². The first kappa shape index (κ1) is 9.23. The van der Waals surface area contributed by atoms with Crippen molar-refractivity contribution in [2.75, 3.05) is 0 Å². The average Bonchev–Trinajstić information content (AvgIpc) is 2.62. The second-order valence-electron chi connectivity index (χ2n) is 2.87. The molecule has 0 saturated carbocycles. The maximum Gasteiger partial charge on any atom is 0.265 e. The molecule has 1 amide bonds. The summed E-state index contributed by atoms with van der Waals surface area (Å²) < 4.78 is 0.839.